The Morgan fingerprint density at radius 3 is 2.43 bits per heavy atom. The van der Waals surface area contributed by atoms with Gasteiger partial charge in [0.25, 0.3) is 15.6 Å². The molecule has 13 heteroatoms. The largest absolute Gasteiger partial charge is 0.452 e. The van der Waals surface area contributed by atoms with Crippen LogP contribution in [0.4, 0.5) is 8.78 Å². The van der Waals surface area contributed by atoms with Gasteiger partial charge < -0.3 is 4.74 Å². The predicted octanol–water partition coefficient (Wildman–Crippen LogP) is 4.96. The normalized spacial score (nSPS) is 11.6. The second kappa shape index (κ2) is 11.0. The van der Waals surface area contributed by atoms with Crippen molar-refractivity contribution in [3.05, 3.63) is 130 Å². The molecule has 2 aromatic carbocycles. The summed E-state index contributed by atoms with van der Waals surface area (Å²) in [5.41, 5.74) is 2.09. The fourth-order valence-electron chi connectivity index (χ4n) is 4.86. The van der Waals surface area contributed by atoms with Crippen LogP contribution in [-0.4, -0.2) is 43.8 Å². The lowest BCUT2D eigenvalue weighted by Crippen LogP contribution is -2.27. The molecule has 0 radical (unpaired) electrons. The molecule has 0 aliphatic rings. The summed E-state index contributed by atoms with van der Waals surface area (Å²) in [6.07, 6.45) is 8.17. The number of carbonyl (C=O) groups is 1. The number of hydrogen-bond donors (Lipinski definition) is 0. The Labute approximate surface area is 249 Å². The van der Waals surface area contributed by atoms with Crippen LogP contribution >= 0.6 is 0 Å². The Morgan fingerprint density at radius 2 is 1.73 bits per heavy atom. The van der Waals surface area contributed by atoms with Crippen LogP contribution in [0.1, 0.15) is 21.5 Å². The van der Waals surface area contributed by atoms with Crippen LogP contribution in [0, 0.1) is 18.6 Å². The van der Waals surface area contributed by atoms with Gasteiger partial charge in [-0.05, 0) is 66.6 Å². The molecular weight excluding hydrogens is 592 g/mol. The van der Waals surface area contributed by atoms with Crippen molar-refractivity contribution < 1.29 is 26.7 Å². The number of rotatable bonds is 8. The van der Waals surface area contributed by atoms with Gasteiger partial charge in [0.05, 0.1) is 30.4 Å². The molecule has 0 saturated heterocycles. The number of hydrogen-bond acceptors (Lipinski definition) is 7. The van der Waals surface area contributed by atoms with Gasteiger partial charge in [0.1, 0.15) is 11.3 Å². The van der Waals surface area contributed by atoms with Gasteiger partial charge in [0, 0.05) is 41.7 Å². The highest BCUT2D eigenvalue weighted by Crippen LogP contribution is 2.35. The van der Waals surface area contributed by atoms with E-state index in [2.05, 4.69) is 10.2 Å². The molecule has 6 rings (SSSR count). The molecule has 0 fully saturated rings. The van der Waals surface area contributed by atoms with E-state index in [0.717, 1.165) is 16.4 Å². The number of nitrogens with zero attached hydrogens (tertiary/aromatic N) is 5. The van der Waals surface area contributed by atoms with Crippen LogP contribution in [0.25, 0.3) is 22.3 Å². The third-order valence-corrected chi connectivity index (χ3v) is 7.87. The van der Waals surface area contributed by atoms with Gasteiger partial charge in [-0.2, -0.15) is 14.3 Å². The Balaban J connectivity index is 1.27. The number of benzene rings is 2. The highest BCUT2D eigenvalue weighted by atomic mass is 32.2. The highest BCUT2D eigenvalue weighted by molar-refractivity contribution is 7.89. The van der Waals surface area contributed by atoms with Crippen molar-refractivity contribution in [2.24, 2.45) is 0 Å². The van der Waals surface area contributed by atoms with Crippen molar-refractivity contribution in [1.82, 2.24) is 23.4 Å². The number of carbonyl (C=O) groups excluding carboxylic acids is 1. The van der Waals surface area contributed by atoms with Crippen molar-refractivity contribution in [2.75, 3.05) is 6.26 Å². The van der Waals surface area contributed by atoms with Crippen LogP contribution in [0.5, 0.6) is 11.5 Å². The van der Waals surface area contributed by atoms with E-state index in [-0.39, 0.29) is 23.5 Å². The van der Waals surface area contributed by atoms with Crippen LogP contribution < -0.4 is 10.3 Å². The van der Waals surface area contributed by atoms with E-state index in [1.165, 1.54) is 70.3 Å². The van der Waals surface area contributed by atoms with Crippen LogP contribution in [0.2, 0.25) is 0 Å². The Morgan fingerprint density at radius 1 is 0.955 bits per heavy atom. The molecule has 222 valence electrons. The minimum Gasteiger partial charge on any atom is -0.452 e. The molecule has 0 saturated carbocycles. The molecular formula is C31H23F2N5O5S. The summed E-state index contributed by atoms with van der Waals surface area (Å²) in [6.45, 7) is 1.64. The van der Waals surface area contributed by atoms with E-state index < -0.39 is 33.0 Å². The number of halogens is 2. The van der Waals surface area contributed by atoms with Crippen LogP contribution in [0.3, 0.4) is 0 Å². The molecule has 0 unspecified atom stereocenters. The third-order valence-electron chi connectivity index (χ3n) is 6.99. The zero-order valence-electron chi connectivity index (χ0n) is 23.3. The second-order valence-corrected chi connectivity index (χ2v) is 11.9. The predicted molar refractivity (Wildman–Crippen MR) is 158 cm³/mol. The molecule has 44 heavy (non-hydrogen) atoms. The van der Waals surface area contributed by atoms with Crippen molar-refractivity contribution in [2.45, 2.75) is 13.3 Å². The van der Waals surface area contributed by atoms with E-state index in [0.29, 0.717) is 33.5 Å². The first kappa shape index (κ1) is 28.7. The lowest BCUT2D eigenvalue weighted by Gasteiger charge is -2.12. The van der Waals surface area contributed by atoms with E-state index in [9.17, 15) is 22.4 Å². The molecule has 0 aliphatic carbocycles. The second-order valence-electron chi connectivity index (χ2n) is 10.1. The lowest BCUT2D eigenvalue weighted by atomic mass is 10.0. The van der Waals surface area contributed by atoms with E-state index in [1.54, 1.807) is 31.3 Å². The summed E-state index contributed by atoms with van der Waals surface area (Å²) in [4.78, 5) is 26.5. The fourth-order valence-corrected chi connectivity index (χ4v) is 5.38. The van der Waals surface area contributed by atoms with Crippen LogP contribution in [-0.2, 0) is 16.4 Å². The molecule has 10 nitrogen and oxygen atoms in total. The van der Waals surface area contributed by atoms with Crippen molar-refractivity contribution >= 4 is 21.3 Å². The molecule has 0 N–H and O–H groups in total. The first-order valence-corrected chi connectivity index (χ1v) is 15.0. The maximum Gasteiger partial charge on any atom is 0.266 e. The van der Waals surface area contributed by atoms with Crippen molar-refractivity contribution in [1.29, 1.82) is 0 Å². The number of aryl methyl sites for hydroxylation is 1. The quantitative estimate of drug-likeness (QED) is 0.222. The Bertz CT molecular complexity index is 2240. The summed E-state index contributed by atoms with van der Waals surface area (Å²) in [6, 6.07) is 14.3. The van der Waals surface area contributed by atoms with Crippen molar-refractivity contribution in [3.8, 4) is 28.3 Å². The minimum absolute atomic E-state index is 0.0447. The number of pyridine rings is 1. The van der Waals surface area contributed by atoms with Crippen LogP contribution in [0.15, 0.2) is 96.4 Å². The van der Waals surface area contributed by atoms with Gasteiger partial charge in [-0.15, -0.1) is 0 Å². The molecule has 0 atom stereocenters. The minimum atomic E-state index is -3.60. The molecule has 0 aliphatic heterocycles. The summed E-state index contributed by atoms with van der Waals surface area (Å²) < 4.78 is 62.0. The van der Waals surface area contributed by atoms with Crippen molar-refractivity contribution in [3.63, 3.8) is 0 Å². The van der Waals surface area contributed by atoms with Gasteiger partial charge in [-0.1, -0.05) is 6.07 Å². The summed E-state index contributed by atoms with van der Waals surface area (Å²) >= 11 is 0. The van der Waals surface area contributed by atoms with Gasteiger partial charge in [0.15, 0.2) is 23.1 Å². The smallest absolute Gasteiger partial charge is 0.266 e. The number of ether oxygens (including phenoxy) is 1. The number of Topliss-reactive ketones (excluding diaryl/α,β-unsaturated/α-hetero) is 1. The molecule has 4 aromatic heterocycles. The maximum absolute atomic E-state index is 15.3. The van der Waals surface area contributed by atoms with Gasteiger partial charge in [-0.3, -0.25) is 14.2 Å². The zero-order valence-corrected chi connectivity index (χ0v) is 24.1. The standard InChI is InChI=1S/C31H23F2N5O5S/c1-19-10-13-36(23-6-4-22(32)5-7-23)31(40)29(19)26(39)16-20-3-8-27(25(33)15-20)43-28-9-12-34-37-14-11-24(30(28)37)21-17-35-38(18-21)44(2,41)42/h3-15,17-18H,16H2,1-2H3. The molecule has 0 spiro atoms. The summed E-state index contributed by atoms with van der Waals surface area (Å²) in [7, 11) is -3.60. The molecule has 0 bridgehead atoms. The topological polar surface area (TPSA) is 118 Å². The molecule has 0 amide bonds. The third kappa shape index (κ3) is 5.40. The average molecular weight is 616 g/mol. The van der Waals surface area contributed by atoms with E-state index in [4.69, 9.17) is 4.74 Å². The average Bonchev–Trinajstić information content (AvgIpc) is 3.64. The first-order valence-electron chi connectivity index (χ1n) is 13.2. The van der Waals surface area contributed by atoms with E-state index in [1.807, 2.05) is 0 Å². The zero-order chi connectivity index (χ0) is 31.2. The first-order chi connectivity index (χ1) is 21.0. The fraction of sp³-hybridized carbons (Fsp3) is 0.0968. The maximum atomic E-state index is 15.3. The highest BCUT2D eigenvalue weighted by Gasteiger charge is 2.20. The van der Waals surface area contributed by atoms with E-state index >= 15 is 4.39 Å². The molecule has 6 aromatic rings. The van der Waals surface area contributed by atoms with Gasteiger partial charge in [0.2, 0.25) is 0 Å². The molecule has 4 heterocycles. The summed E-state index contributed by atoms with van der Waals surface area (Å²) in [5.74, 6) is -1.57. The number of ketones is 1. The summed E-state index contributed by atoms with van der Waals surface area (Å²) in [5, 5.41) is 8.15. The monoisotopic (exact) mass is 615 g/mol. The Kier molecular flexibility index (Phi) is 7.17. The lowest BCUT2D eigenvalue weighted by molar-refractivity contribution is 0.0990. The van der Waals surface area contributed by atoms with Gasteiger partial charge in [-0.25, -0.2) is 21.7 Å². The SMILES string of the molecule is Cc1ccn(-c2ccc(F)cc2)c(=O)c1C(=O)Cc1ccc(Oc2ccnn3ccc(-c4cnn(S(C)(=O)=O)c4)c23)c(F)c1. The number of aromatic nitrogens is 5. The Hall–Kier alpha value is -5.43. The van der Waals surface area contributed by atoms with Gasteiger partial charge >= 0.3 is 0 Å². The number of fused-ring (bicyclic) bond motifs is 1.